The number of nitrogens with zero attached hydrogens (tertiary/aromatic N) is 2. The highest BCUT2D eigenvalue weighted by molar-refractivity contribution is 7.71. The van der Waals surface area contributed by atoms with Crippen molar-refractivity contribution in [1.29, 1.82) is 0 Å². The van der Waals surface area contributed by atoms with Gasteiger partial charge in [-0.15, -0.1) is 0 Å². The minimum Gasteiger partial charge on any atom is -0.390 e. The van der Waals surface area contributed by atoms with Crippen LogP contribution >= 0.6 is 12.2 Å². The van der Waals surface area contributed by atoms with Crippen molar-refractivity contribution in [3.63, 3.8) is 0 Å². The lowest BCUT2D eigenvalue weighted by molar-refractivity contribution is 0.239. The Balaban J connectivity index is 2.82. The first-order valence-electron chi connectivity index (χ1n) is 5.76. The van der Waals surface area contributed by atoms with E-state index < -0.39 is 0 Å². The third kappa shape index (κ3) is 2.93. The average Bonchev–Trinajstić information content (AvgIpc) is 2.67. The minimum absolute atomic E-state index is 0.0235. The second kappa shape index (κ2) is 6.18. The van der Waals surface area contributed by atoms with Crippen molar-refractivity contribution in [3.05, 3.63) is 16.7 Å². The summed E-state index contributed by atoms with van der Waals surface area (Å²) in [5.41, 5.74) is 0.852. The zero-order valence-electron chi connectivity index (χ0n) is 10.2. The van der Waals surface area contributed by atoms with Crippen LogP contribution in [-0.4, -0.2) is 39.2 Å². The number of imidazole rings is 1. The predicted octanol–water partition coefficient (Wildman–Crippen LogP) is 1.94. The number of aliphatic hydroxyl groups excluding tert-OH is 1. The molecule has 1 heterocycles. The quantitative estimate of drug-likeness (QED) is 0.751. The van der Waals surface area contributed by atoms with Crippen molar-refractivity contribution < 1.29 is 5.11 Å². The summed E-state index contributed by atoms with van der Waals surface area (Å²) in [6.07, 6.45) is 1.78. The molecule has 0 aliphatic carbocycles. The molecular weight excluding hydrogens is 222 g/mol. The van der Waals surface area contributed by atoms with Gasteiger partial charge in [0.15, 0.2) is 4.77 Å². The molecular formula is C11H21N3OS. The van der Waals surface area contributed by atoms with Gasteiger partial charge < -0.3 is 19.6 Å². The van der Waals surface area contributed by atoms with Gasteiger partial charge in [-0.3, -0.25) is 0 Å². The Labute approximate surface area is 102 Å². The maximum absolute atomic E-state index is 9.23. The van der Waals surface area contributed by atoms with E-state index >= 15 is 0 Å². The summed E-state index contributed by atoms with van der Waals surface area (Å²) in [7, 11) is 0. The molecule has 2 N–H and O–H groups in total. The van der Waals surface area contributed by atoms with E-state index in [1.807, 2.05) is 4.57 Å². The van der Waals surface area contributed by atoms with Crippen LogP contribution in [0, 0.1) is 4.77 Å². The number of aliphatic hydroxyl groups is 1. The topological polar surface area (TPSA) is 44.2 Å². The Morgan fingerprint density at radius 1 is 1.50 bits per heavy atom. The highest BCUT2D eigenvalue weighted by Crippen LogP contribution is 2.13. The number of nitrogens with one attached hydrogen (secondary N) is 1. The summed E-state index contributed by atoms with van der Waals surface area (Å²) >= 11 is 5.22. The van der Waals surface area contributed by atoms with E-state index in [2.05, 4.69) is 30.7 Å². The number of hydrogen-bond donors (Lipinski definition) is 2. The van der Waals surface area contributed by atoms with E-state index in [4.69, 9.17) is 12.2 Å². The van der Waals surface area contributed by atoms with Crippen molar-refractivity contribution in [2.45, 2.75) is 33.4 Å². The van der Waals surface area contributed by atoms with Gasteiger partial charge >= 0.3 is 0 Å². The molecule has 0 saturated carbocycles. The van der Waals surface area contributed by atoms with Crippen molar-refractivity contribution in [3.8, 4) is 0 Å². The maximum Gasteiger partial charge on any atom is 0.177 e. The fourth-order valence-electron chi connectivity index (χ4n) is 1.96. The van der Waals surface area contributed by atoms with Crippen LogP contribution in [0.25, 0.3) is 0 Å². The first-order valence-corrected chi connectivity index (χ1v) is 6.16. The fraction of sp³-hybridized carbons (Fsp3) is 0.727. The predicted molar refractivity (Wildman–Crippen MR) is 68.0 cm³/mol. The number of aromatic amines is 1. The third-order valence-corrected chi connectivity index (χ3v) is 3.22. The Kier molecular flexibility index (Phi) is 5.18. The van der Waals surface area contributed by atoms with E-state index in [-0.39, 0.29) is 12.6 Å². The second-order valence-corrected chi connectivity index (χ2v) is 4.33. The largest absolute Gasteiger partial charge is 0.390 e. The van der Waals surface area contributed by atoms with Gasteiger partial charge in [0.25, 0.3) is 0 Å². The van der Waals surface area contributed by atoms with Crippen LogP contribution in [0.15, 0.2) is 6.20 Å². The van der Waals surface area contributed by atoms with Gasteiger partial charge in [0, 0.05) is 18.8 Å². The maximum atomic E-state index is 9.23. The molecule has 1 aromatic rings. The van der Waals surface area contributed by atoms with E-state index in [9.17, 15) is 5.11 Å². The molecule has 0 saturated heterocycles. The average molecular weight is 243 g/mol. The van der Waals surface area contributed by atoms with Crippen LogP contribution in [0.2, 0.25) is 0 Å². The Morgan fingerprint density at radius 2 is 2.12 bits per heavy atom. The third-order valence-electron chi connectivity index (χ3n) is 2.91. The van der Waals surface area contributed by atoms with E-state index in [0.29, 0.717) is 4.77 Å². The molecule has 92 valence electrons. The van der Waals surface area contributed by atoms with Crippen LogP contribution < -0.4 is 0 Å². The Bertz CT molecular complexity index is 368. The molecule has 4 nitrogen and oxygen atoms in total. The molecule has 16 heavy (non-hydrogen) atoms. The van der Waals surface area contributed by atoms with Crippen molar-refractivity contribution in [2.24, 2.45) is 0 Å². The highest BCUT2D eigenvalue weighted by atomic mass is 32.1. The number of hydrogen-bond acceptors (Lipinski definition) is 3. The first kappa shape index (κ1) is 13.4. The smallest absolute Gasteiger partial charge is 0.177 e. The van der Waals surface area contributed by atoms with Crippen molar-refractivity contribution in [1.82, 2.24) is 14.5 Å². The van der Waals surface area contributed by atoms with Crippen LogP contribution in [0.3, 0.4) is 0 Å². The zero-order chi connectivity index (χ0) is 12.1. The van der Waals surface area contributed by atoms with E-state index in [0.717, 1.165) is 25.3 Å². The summed E-state index contributed by atoms with van der Waals surface area (Å²) in [4.78, 5) is 5.33. The molecule has 1 aromatic heterocycles. The van der Waals surface area contributed by atoms with Crippen molar-refractivity contribution >= 4 is 12.2 Å². The number of likely N-dealkylation sites (N-methyl/N-ethyl adjacent to an activating group) is 1. The van der Waals surface area contributed by atoms with E-state index in [1.165, 1.54) is 0 Å². The highest BCUT2D eigenvalue weighted by Gasteiger charge is 2.13. The lowest BCUT2D eigenvalue weighted by Gasteiger charge is -2.24. The molecule has 0 fully saturated rings. The number of rotatable bonds is 6. The zero-order valence-corrected chi connectivity index (χ0v) is 11.0. The molecule has 0 bridgehead atoms. The summed E-state index contributed by atoms with van der Waals surface area (Å²) in [6, 6.07) is 0.279. The monoisotopic (exact) mass is 243 g/mol. The molecule has 0 amide bonds. The van der Waals surface area contributed by atoms with Crippen molar-refractivity contribution in [2.75, 3.05) is 19.6 Å². The van der Waals surface area contributed by atoms with Crippen LogP contribution in [0.5, 0.6) is 0 Å². The Hall–Kier alpha value is -0.650. The van der Waals surface area contributed by atoms with Gasteiger partial charge in [0.2, 0.25) is 0 Å². The number of aromatic nitrogens is 2. The SMILES string of the molecule is CCN(CC)CC(C)n1c(CO)c[nH]c1=S. The van der Waals surface area contributed by atoms with Gasteiger partial charge in [0.05, 0.1) is 12.3 Å². The minimum atomic E-state index is 0.0235. The molecule has 0 spiro atoms. The van der Waals surface area contributed by atoms with Crippen LogP contribution in [0.4, 0.5) is 0 Å². The van der Waals surface area contributed by atoms with Gasteiger partial charge in [-0.2, -0.15) is 0 Å². The van der Waals surface area contributed by atoms with Gasteiger partial charge in [0.1, 0.15) is 0 Å². The van der Waals surface area contributed by atoms with Gasteiger partial charge in [-0.05, 0) is 32.2 Å². The summed E-state index contributed by atoms with van der Waals surface area (Å²) in [6.45, 7) is 9.47. The molecule has 0 radical (unpaired) electrons. The van der Waals surface area contributed by atoms with Gasteiger partial charge in [-0.25, -0.2) is 0 Å². The van der Waals surface area contributed by atoms with Crippen LogP contribution in [-0.2, 0) is 6.61 Å². The molecule has 1 atom stereocenters. The Morgan fingerprint density at radius 3 is 2.62 bits per heavy atom. The lowest BCUT2D eigenvalue weighted by atomic mass is 10.3. The molecule has 1 rings (SSSR count). The summed E-state index contributed by atoms with van der Waals surface area (Å²) in [5, 5.41) is 9.23. The standard InChI is InChI=1S/C11H21N3OS/c1-4-13(5-2)7-9(3)14-10(8-15)6-12-11(14)16/h6,9,15H,4-5,7-8H2,1-3H3,(H,12,16). The van der Waals surface area contributed by atoms with E-state index in [1.54, 1.807) is 6.20 Å². The number of H-pyrrole nitrogens is 1. The molecule has 0 aliphatic heterocycles. The lowest BCUT2D eigenvalue weighted by Crippen LogP contribution is -2.30. The summed E-state index contributed by atoms with van der Waals surface area (Å²) < 4.78 is 2.68. The molecule has 5 heteroatoms. The molecule has 0 aromatic carbocycles. The molecule has 1 unspecified atom stereocenters. The summed E-state index contributed by atoms with van der Waals surface area (Å²) in [5.74, 6) is 0. The van der Waals surface area contributed by atoms with Crippen LogP contribution in [0.1, 0.15) is 32.5 Å². The first-order chi connectivity index (χ1) is 7.63. The molecule has 0 aliphatic rings. The second-order valence-electron chi connectivity index (χ2n) is 3.95. The van der Waals surface area contributed by atoms with Gasteiger partial charge in [-0.1, -0.05) is 13.8 Å². The fourth-order valence-corrected chi connectivity index (χ4v) is 2.31. The normalized spacial score (nSPS) is 13.3.